The molecule has 0 heterocycles. The lowest BCUT2D eigenvalue weighted by atomic mass is 10.2. The van der Waals surface area contributed by atoms with Crippen molar-refractivity contribution in [1.29, 1.82) is 0 Å². The van der Waals surface area contributed by atoms with Gasteiger partial charge in [0.15, 0.2) is 0 Å². The van der Waals surface area contributed by atoms with Crippen molar-refractivity contribution in [1.82, 2.24) is 0 Å². The van der Waals surface area contributed by atoms with Crippen LogP contribution in [0.4, 0.5) is 18.9 Å². The number of nitrogens with one attached hydrogen (secondary N) is 1. The molecule has 0 bridgehead atoms. The van der Waals surface area contributed by atoms with Gasteiger partial charge in [-0.3, -0.25) is 0 Å². The van der Waals surface area contributed by atoms with Crippen LogP contribution in [0, 0.1) is 17.5 Å². The highest BCUT2D eigenvalue weighted by atomic mass is 79.9. The maximum Gasteiger partial charge on any atom is 0.145 e. The van der Waals surface area contributed by atoms with Crippen LogP contribution in [-0.2, 0) is 6.54 Å². The van der Waals surface area contributed by atoms with Crippen LogP contribution in [0.5, 0.6) is 5.75 Å². The maximum absolute atomic E-state index is 13.8. The molecule has 0 aliphatic heterocycles. The first-order chi connectivity index (χ1) is 9.52. The molecule has 2 aromatic rings. The van der Waals surface area contributed by atoms with Gasteiger partial charge in [0.25, 0.3) is 0 Å². The average Bonchev–Trinajstić information content (AvgIpc) is 2.44. The molecule has 2 rings (SSSR count). The van der Waals surface area contributed by atoms with Gasteiger partial charge in [0.05, 0.1) is 17.3 Å². The van der Waals surface area contributed by atoms with Crippen LogP contribution in [0.1, 0.15) is 5.56 Å². The van der Waals surface area contributed by atoms with E-state index in [-0.39, 0.29) is 22.3 Å². The lowest BCUT2D eigenvalue weighted by Gasteiger charge is -2.12. The Labute approximate surface area is 122 Å². The van der Waals surface area contributed by atoms with E-state index in [1.165, 1.54) is 37.4 Å². The van der Waals surface area contributed by atoms with Crippen LogP contribution >= 0.6 is 15.9 Å². The molecule has 0 saturated heterocycles. The monoisotopic (exact) mass is 345 g/mol. The largest absolute Gasteiger partial charge is 0.494 e. The van der Waals surface area contributed by atoms with E-state index in [9.17, 15) is 13.2 Å². The summed E-state index contributed by atoms with van der Waals surface area (Å²) in [6.07, 6.45) is 0. The molecule has 20 heavy (non-hydrogen) atoms. The van der Waals surface area contributed by atoms with Crippen LogP contribution < -0.4 is 10.1 Å². The van der Waals surface area contributed by atoms with Crippen molar-refractivity contribution in [3.8, 4) is 5.75 Å². The second-order valence-corrected chi connectivity index (χ2v) is 4.87. The van der Waals surface area contributed by atoms with E-state index in [0.29, 0.717) is 5.69 Å². The molecule has 0 saturated carbocycles. The highest BCUT2D eigenvalue weighted by Gasteiger charge is 2.13. The van der Waals surface area contributed by atoms with Gasteiger partial charge in [0.1, 0.15) is 23.2 Å². The van der Waals surface area contributed by atoms with Gasteiger partial charge in [-0.1, -0.05) is 0 Å². The highest BCUT2D eigenvalue weighted by Crippen LogP contribution is 2.27. The van der Waals surface area contributed by atoms with Crippen molar-refractivity contribution in [3.05, 3.63) is 57.8 Å². The zero-order chi connectivity index (χ0) is 14.7. The fourth-order valence-corrected chi connectivity index (χ4v) is 2.10. The van der Waals surface area contributed by atoms with E-state index in [1.807, 2.05) is 0 Å². The van der Waals surface area contributed by atoms with Gasteiger partial charge in [-0.15, -0.1) is 0 Å². The highest BCUT2D eigenvalue weighted by molar-refractivity contribution is 9.10. The second-order valence-electron chi connectivity index (χ2n) is 4.02. The molecule has 0 aromatic heterocycles. The van der Waals surface area contributed by atoms with Gasteiger partial charge in [-0.25, -0.2) is 13.2 Å². The molecular weight excluding hydrogens is 335 g/mol. The Morgan fingerprint density at radius 2 is 1.90 bits per heavy atom. The van der Waals surface area contributed by atoms with Gasteiger partial charge < -0.3 is 10.1 Å². The minimum absolute atomic E-state index is 0.0842. The molecule has 0 amide bonds. The van der Waals surface area contributed by atoms with Crippen LogP contribution in [0.3, 0.4) is 0 Å². The van der Waals surface area contributed by atoms with Crippen molar-refractivity contribution in [2.75, 3.05) is 12.4 Å². The number of hydrogen-bond acceptors (Lipinski definition) is 2. The summed E-state index contributed by atoms with van der Waals surface area (Å²) in [5.41, 5.74) is 0.346. The van der Waals surface area contributed by atoms with Gasteiger partial charge >= 0.3 is 0 Å². The number of anilines is 1. The number of methoxy groups -OCH3 is 1. The molecule has 0 aliphatic rings. The summed E-state index contributed by atoms with van der Waals surface area (Å²) < 4.78 is 45.6. The molecule has 2 nitrogen and oxygen atoms in total. The fraction of sp³-hybridized carbons (Fsp3) is 0.143. The summed E-state index contributed by atoms with van der Waals surface area (Å²) in [7, 11) is 1.39. The average molecular weight is 346 g/mol. The maximum atomic E-state index is 13.8. The lowest BCUT2D eigenvalue weighted by Crippen LogP contribution is -2.06. The Hall–Kier alpha value is -1.69. The quantitative estimate of drug-likeness (QED) is 0.824. The predicted octanol–water partition coefficient (Wildman–Crippen LogP) is 4.49. The van der Waals surface area contributed by atoms with Crippen molar-refractivity contribution >= 4 is 21.6 Å². The number of halogens is 4. The van der Waals surface area contributed by atoms with Crippen LogP contribution in [-0.4, -0.2) is 7.11 Å². The summed E-state index contributed by atoms with van der Waals surface area (Å²) in [5.74, 6) is -1.51. The third-order valence-electron chi connectivity index (χ3n) is 2.76. The number of rotatable bonds is 4. The fourth-order valence-electron chi connectivity index (χ4n) is 1.73. The third-order valence-corrected chi connectivity index (χ3v) is 3.37. The van der Waals surface area contributed by atoms with Gasteiger partial charge in [-0.05, 0) is 40.2 Å². The first-order valence-electron chi connectivity index (χ1n) is 5.72. The minimum Gasteiger partial charge on any atom is -0.494 e. The number of hydrogen-bond donors (Lipinski definition) is 1. The van der Waals surface area contributed by atoms with E-state index in [4.69, 9.17) is 4.74 Å². The standard InChI is InChI=1S/C14H11BrF3NO/c1-20-13-6-8(16)2-5-12(13)19-7-9-11(17)4-3-10(15)14(9)18/h2-6,19H,7H2,1H3. The van der Waals surface area contributed by atoms with E-state index in [2.05, 4.69) is 21.2 Å². The van der Waals surface area contributed by atoms with Crippen molar-refractivity contribution in [2.24, 2.45) is 0 Å². The predicted molar refractivity (Wildman–Crippen MR) is 74.3 cm³/mol. The zero-order valence-corrected chi connectivity index (χ0v) is 12.1. The molecule has 0 spiro atoms. The van der Waals surface area contributed by atoms with Crippen LogP contribution in [0.25, 0.3) is 0 Å². The topological polar surface area (TPSA) is 21.3 Å². The molecule has 0 atom stereocenters. The Balaban J connectivity index is 2.23. The van der Waals surface area contributed by atoms with E-state index in [1.54, 1.807) is 0 Å². The Kier molecular flexibility index (Phi) is 4.54. The van der Waals surface area contributed by atoms with E-state index >= 15 is 0 Å². The first-order valence-corrected chi connectivity index (χ1v) is 6.52. The van der Waals surface area contributed by atoms with E-state index < -0.39 is 17.5 Å². The smallest absolute Gasteiger partial charge is 0.145 e. The summed E-state index contributed by atoms with van der Waals surface area (Å²) in [4.78, 5) is 0. The van der Waals surface area contributed by atoms with Crippen molar-refractivity contribution in [2.45, 2.75) is 6.54 Å². The van der Waals surface area contributed by atoms with Crippen LogP contribution in [0.2, 0.25) is 0 Å². The van der Waals surface area contributed by atoms with Gasteiger partial charge in [0, 0.05) is 18.2 Å². The molecule has 2 aromatic carbocycles. The first kappa shape index (κ1) is 14.7. The second kappa shape index (κ2) is 6.17. The minimum atomic E-state index is -0.668. The number of benzene rings is 2. The molecule has 0 aliphatic carbocycles. The molecular formula is C14H11BrF3NO. The van der Waals surface area contributed by atoms with Gasteiger partial charge in [0.2, 0.25) is 0 Å². The molecule has 0 fully saturated rings. The van der Waals surface area contributed by atoms with E-state index in [0.717, 1.165) is 0 Å². The summed E-state index contributed by atoms with van der Waals surface area (Å²) in [5, 5.41) is 2.82. The SMILES string of the molecule is COc1cc(F)ccc1NCc1c(F)ccc(Br)c1F. The summed E-state index contributed by atoms with van der Waals surface area (Å²) >= 11 is 3.00. The van der Waals surface area contributed by atoms with Crippen molar-refractivity contribution in [3.63, 3.8) is 0 Å². The van der Waals surface area contributed by atoms with Crippen molar-refractivity contribution < 1.29 is 17.9 Å². The summed E-state index contributed by atoms with van der Waals surface area (Å²) in [6.45, 7) is -0.0842. The summed E-state index contributed by atoms with van der Waals surface area (Å²) in [6, 6.07) is 6.34. The normalized spacial score (nSPS) is 10.4. The van der Waals surface area contributed by atoms with Crippen LogP contribution in [0.15, 0.2) is 34.8 Å². The molecule has 0 unspecified atom stereocenters. The Bertz CT molecular complexity index is 634. The van der Waals surface area contributed by atoms with Gasteiger partial charge in [-0.2, -0.15) is 0 Å². The Morgan fingerprint density at radius 3 is 2.60 bits per heavy atom. The third kappa shape index (κ3) is 3.07. The lowest BCUT2D eigenvalue weighted by molar-refractivity contribution is 0.413. The Morgan fingerprint density at radius 1 is 1.15 bits per heavy atom. The molecule has 6 heteroatoms. The molecule has 106 valence electrons. The molecule has 0 radical (unpaired) electrons. The molecule has 1 N–H and O–H groups in total. The number of ether oxygens (including phenoxy) is 1. The zero-order valence-electron chi connectivity index (χ0n) is 10.5.